The molecule has 0 aliphatic rings. The highest BCUT2D eigenvalue weighted by atomic mass is 16.5. The lowest BCUT2D eigenvalue weighted by Crippen LogP contribution is -1.93. The predicted molar refractivity (Wildman–Crippen MR) is 36.0 cm³/mol. The fourth-order valence-electron chi connectivity index (χ4n) is 0.278. The van der Waals surface area contributed by atoms with E-state index < -0.39 is 0 Å². The van der Waals surface area contributed by atoms with Crippen LogP contribution < -0.4 is 0 Å². The summed E-state index contributed by atoms with van der Waals surface area (Å²) >= 11 is 0. The van der Waals surface area contributed by atoms with Crippen LogP contribution in [0.4, 0.5) is 0 Å². The quantitative estimate of drug-likeness (QED) is 0.316. The maximum absolute atomic E-state index is 10.4. The van der Waals surface area contributed by atoms with E-state index in [0.29, 0.717) is 0 Å². The molecule has 0 aromatic heterocycles. The van der Waals surface area contributed by atoms with E-state index in [4.69, 9.17) is 0 Å². The monoisotopic (exact) mass is 126 g/mol. The van der Waals surface area contributed by atoms with Crippen LogP contribution >= 0.6 is 0 Å². The van der Waals surface area contributed by atoms with E-state index in [1.54, 1.807) is 13.0 Å². The molecule has 0 heterocycles. The van der Waals surface area contributed by atoms with Crippen molar-refractivity contribution in [2.75, 3.05) is 7.11 Å². The molecule has 0 atom stereocenters. The second-order valence-electron chi connectivity index (χ2n) is 1.70. The second-order valence-corrected chi connectivity index (χ2v) is 1.70. The fraction of sp³-hybridized carbons (Fsp3) is 0.286. The van der Waals surface area contributed by atoms with Crippen LogP contribution in [0.5, 0.6) is 0 Å². The molecule has 0 bridgehead atoms. The Labute approximate surface area is 54.8 Å². The van der Waals surface area contributed by atoms with E-state index in [1.165, 1.54) is 13.2 Å². The molecule has 0 amide bonds. The SMILES string of the molecule is C=C(C)C=CC(=O)OC. The van der Waals surface area contributed by atoms with Gasteiger partial charge in [0.2, 0.25) is 0 Å². The Bertz CT molecular complexity index is 145. The molecule has 2 heteroatoms. The van der Waals surface area contributed by atoms with Gasteiger partial charge in [0.1, 0.15) is 0 Å². The van der Waals surface area contributed by atoms with Crippen LogP contribution in [0, 0.1) is 0 Å². The summed E-state index contributed by atoms with van der Waals surface area (Å²) in [6.07, 6.45) is 2.94. The number of hydrogen-bond acceptors (Lipinski definition) is 2. The topological polar surface area (TPSA) is 26.3 Å². The Kier molecular flexibility index (Phi) is 3.44. The molecule has 0 aromatic carbocycles. The minimum Gasteiger partial charge on any atom is -0.466 e. The second kappa shape index (κ2) is 3.89. The van der Waals surface area contributed by atoms with Crippen LogP contribution in [0.25, 0.3) is 0 Å². The van der Waals surface area contributed by atoms with E-state index in [1.807, 2.05) is 0 Å². The molecule has 9 heavy (non-hydrogen) atoms. The third-order valence-electron chi connectivity index (χ3n) is 0.705. The van der Waals surface area contributed by atoms with Gasteiger partial charge in [0.25, 0.3) is 0 Å². The lowest BCUT2D eigenvalue weighted by atomic mass is 10.3. The molecular weight excluding hydrogens is 116 g/mol. The number of esters is 1. The van der Waals surface area contributed by atoms with Crippen molar-refractivity contribution in [1.82, 2.24) is 0 Å². The van der Waals surface area contributed by atoms with E-state index in [2.05, 4.69) is 11.3 Å². The zero-order valence-corrected chi connectivity index (χ0v) is 5.68. The molecule has 0 fully saturated rings. The van der Waals surface area contributed by atoms with Crippen molar-refractivity contribution in [2.24, 2.45) is 0 Å². The van der Waals surface area contributed by atoms with Crippen molar-refractivity contribution >= 4 is 5.97 Å². The molecule has 0 N–H and O–H groups in total. The first kappa shape index (κ1) is 7.95. The first-order valence-electron chi connectivity index (χ1n) is 2.58. The van der Waals surface area contributed by atoms with Crippen molar-refractivity contribution in [3.8, 4) is 0 Å². The standard InChI is InChI=1S/C7H10O2/c1-6(2)4-5-7(8)9-3/h4-5H,1H2,2-3H3. The van der Waals surface area contributed by atoms with E-state index >= 15 is 0 Å². The van der Waals surface area contributed by atoms with E-state index in [9.17, 15) is 4.79 Å². The molecule has 2 nitrogen and oxygen atoms in total. The van der Waals surface area contributed by atoms with Gasteiger partial charge in [-0.3, -0.25) is 0 Å². The summed E-state index contributed by atoms with van der Waals surface area (Å²) in [7, 11) is 1.34. The van der Waals surface area contributed by atoms with Crippen molar-refractivity contribution in [1.29, 1.82) is 0 Å². The Balaban J connectivity index is 3.71. The molecule has 0 saturated heterocycles. The molecule has 0 aliphatic carbocycles. The number of methoxy groups -OCH3 is 1. The van der Waals surface area contributed by atoms with Crippen LogP contribution in [0.2, 0.25) is 0 Å². The van der Waals surface area contributed by atoms with Gasteiger partial charge in [-0.1, -0.05) is 18.2 Å². The number of ether oxygens (including phenoxy) is 1. The maximum Gasteiger partial charge on any atom is 0.330 e. The molecule has 0 radical (unpaired) electrons. The zero-order valence-electron chi connectivity index (χ0n) is 5.68. The average molecular weight is 126 g/mol. The molecule has 0 saturated carbocycles. The van der Waals surface area contributed by atoms with Crippen molar-refractivity contribution in [2.45, 2.75) is 6.92 Å². The maximum atomic E-state index is 10.4. The normalized spacial score (nSPS) is 9.56. The number of hydrogen-bond donors (Lipinski definition) is 0. The van der Waals surface area contributed by atoms with Crippen LogP contribution in [0.3, 0.4) is 0 Å². The Hall–Kier alpha value is -1.05. The van der Waals surface area contributed by atoms with Gasteiger partial charge in [0, 0.05) is 6.08 Å². The molecule has 0 aliphatic heterocycles. The highest BCUT2D eigenvalue weighted by Crippen LogP contribution is 1.88. The number of carbonyl (C=O) groups is 1. The van der Waals surface area contributed by atoms with Gasteiger partial charge in [-0.2, -0.15) is 0 Å². The summed E-state index contributed by atoms with van der Waals surface area (Å²) in [5.74, 6) is -0.349. The van der Waals surface area contributed by atoms with Crippen LogP contribution in [0.15, 0.2) is 24.3 Å². The minimum absolute atomic E-state index is 0.349. The third kappa shape index (κ3) is 4.81. The van der Waals surface area contributed by atoms with E-state index in [-0.39, 0.29) is 5.97 Å². The summed E-state index contributed by atoms with van der Waals surface area (Å²) < 4.78 is 4.33. The molecular formula is C7H10O2. The van der Waals surface area contributed by atoms with Gasteiger partial charge < -0.3 is 4.74 Å². The van der Waals surface area contributed by atoms with Gasteiger partial charge in [-0.05, 0) is 6.92 Å². The van der Waals surface area contributed by atoms with Crippen molar-refractivity contribution in [3.05, 3.63) is 24.3 Å². The van der Waals surface area contributed by atoms with Gasteiger partial charge in [-0.25, -0.2) is 4.79 Å². The number of rotatable bonds is 2. The summed E-state index contributed by atoms with van der Waals surface area (Å²) in [6.45, 7) is 5.37. The van der Waals surface area contributed by atoms with Crippen LogP contribution in [0.1, 0.15) is 6.92 Å². The Morgan fingerprint density at radius 2 is 2.11 bits per heavy atom. The fourth-order valence-corrected chi connectivity index (χ4v) is 0.278. The molecule has 0 aromatic rings. The Morgan fingerprint density at radius 1 is 1.56 bits per heavy atom. The molecule has 0 spiro atoms. The van der Waals surface area contributed by atoms with Crippen molar-refractivity contribution in [3.63, 3.8) is 0 Å². The van der Waals surface area contributed by atoms with Gasteiger partial charge in [0.05, 0.1) is 7.11 Å². The highest BCUT2D eigenvalue weighted by molar-refractivity contribution is 5.82. The van der Waals surface area contributed by atoms with Crippen LogP contribution in [-0.2, 0) is 9.53 Å². The molecule has 0 unspecified atom stereocenters. The molecule has 50 valence electrons. The lowest BCUT2D eigenvalue weighted by molar-refractivity contribution is -0.134. The largest absolute Gasteiger partial charge is 0.466 e. The highest BCUT2D eigenvalue weighted by Gasteiger charge is 1.87. The van der Waals surface area contributed by atoms with Crippen LogP contribution in [-0.4, -0.2) is 13.1 Å². The first-order valence-corrected chi connectivity index (χ1v) is 2.58. The summed E-state index contributed by atoms with van der Waals surface area (Å²) in [4.78, 5) is 10.4. The summed E-state index contributed by atoms with van der Waals surface area (Å²) in [5.41, 5.74) is 0.834. The smallest absolute Gasteiger partial charge is 0.330 e. The lowest BCUT2D eigenvalue weighted by Gasteiger charge is -1.87. The average Bonchev–Trinajstić information content (AvgIpc) is 1.83. The third-order valence-corrected chi connectivity index (χ3v) is 0.705. The van der Waals surface area contributed by atoms with E-state index in [0.717, 1.165) is 5.57 Å². The summed E-state index contributed by atoms with van der Waals surface area (Å²) in [6, 6.07) is 0. The number of allylic oxidation sites excluding steroid dienone is 2. The minimum atomic E-state index is -0.349. The summed E-state index contributed by atoms with van der Waals surface area (Å²) in [5, 5.41) is 0. The van der Waals surface area contributed by atoms with Gasteiger partial charge in [0.15, 0.2) is 0 Å². The zero-order chi connectivity index (χ0) is 7.28. The predicted octanol–water partition coefficient (Wildman–Crippen LogP) is 1.29. The van der Waals surface area contributed by atoms with Gasteiger partial charge >= 0.3 is 5.97 Å². The van der Waals surface area contributed by atoms with Gasteiger partial charge in [-0.15, -0.1) is 0 Å². The number of carbonyl (C=O) groups excluding carboxylic acids is 1. The van der Waals surface area contributed by atoms with Crippen molar-refractivity contribution < 1.29 is 9.53 Å². The molecule has 0 rings (SSSR count). The Morgan fingerprint density at radius 3 is 2.44 bits per heavy atom. The first-order chi connectivity index (χ1) is 4.16.